The number of aromatic nitrogens is 1. The van der Waals surface area contributed by atoms with Crippen LogP contribution >= 0.6 is 0 Å². The van der Waals surface area contributed by atoms with Gasteiger partial charge >= 0.3 is 0 Å². The Hall–Kier alpha value is -3.28. The van der Waals surface area contributed by atoms with E-state index in [1.807, 2.05) is 0 Å². The van der Waals surface area contributed by atoms with Gasteiger partial charge in [-0.15, -0.1) is 0 Å². The third kappa shape index (κ3) is 4.63. The number of hydrogen-bond acceptors (Lipinski definition) is 3. The second-order valence-corrected chi connectivity index (χ2v) is 5.68. The van der Waals surface area contributed by atoms with Crippen LogP contribution in [0.5, 0.6) is 0 Å². The van der Waals surface area contributed by atoms with Gasteiger partial charge in [0.2, 0.25) is 0 Å². The first-order chi connectivity index (χ1) is 12.6. The summed E-state index contributed by atoms with van der Waals surface area (Å²) in [6.07, 6.45) is 1.51. The fourth-order valence-corrected chi connectivity index (χ4v) is 2.38. The average Bonchev–Trinajstić information content (AvgIpc) is 2.67. The van der Waals surface area contributed by atoms with Crippen molar-refractivity contribution in [3.8, 4) is 0 Å². The Labute approximate surface area is 149 Å². The van der Waals surface area contributed by atoms with E-state index in [9.17, 15) is 13.6 Å². The lowest BCUT2D eigenvalue weighted by molar-refractivity contribution is 0.0946. The molecule has 1 aromatic heterocycles. The molecule has 0 fully saturated rings. The molecule has 0 saturated carbocycles. The molecule has 0 unspecified atom stereocenters. The van der Waals surface area contributed by atoms with Gasteiger partial charge in [0.1, 0.15) is 17.3 Å². The molecule has 2 N–H and O–H groups in total. The fourth-order valence-electron chi connectivity index (χ4n) is 2.38. The molecule has 0 spiro atoms. The van der Waals surface area contributed by atoms with Gasteiger partial charge in [-0.25, -0.2) is 8.78 Å². The van der Waals surface area contributed by atoms with E-state index in [2.05, 4.69) is 15.6 Å². The van der Waals surface area contributed by atoms with Gasteiger partial charge in [-0.05, 0) is 35.9 Å². The zero-order valence-corrected chi connectivity index (χ0v) is 13.9. The minimum Gasteiger partial charge on any atom is -0.381 e. The van der Waals surface area contributed by atoms with Gasteiger partial charge in [0.15, 0.2) is 0 Å². The van der Waals surface area contributed by atoms with Gasteiger partial charge in [-0.1, -0.05) is 30.3 Å². The number of rotatable bonds is 6. The quantitative estimate of drug-likeness (QED) is 0.707. The number of anilines is 1. The molecule has 0 bridgehead atoms. The molecule has 6 heteroatoms. The molecular weight excluding hydrogens is 336 g/mol. The van der Waals surface area contributed by atoms with Gasteiger partial charge in [-0.2, -0.15) is 0 Å². The Bertz CT molecular complexity index is 898. The summed E-state index contributed by atoms with van der Waals surface area (Å²) >= 11 is 0. The number of pyridine rings is 1. The Morgan fingerprint density at radius 3 is 2.50 bits per heavy atom. The van der Waals surface area contributed by atoms with Crippen LogP contribution in [0.1, 0.15) is 21.6 Å². The standard InChI is InChI=1S/C20H17F2N3O/c21-16-7-5-14(6-8-16)12-25-20(26)19-11-17(9-10-23-19)24-13-15-3-1-2-4-18(15)22/h1-11H,12-13H2,(H,23,24)(H,25,26). The van der Waals surface area contributed by atoms with Crippen LogP contribution < -0.4 is 10.6 Å². The van der Waals surface area contributed by atoms with Crippen molar-refractivity contribution in [3.05, 3.63) is 95.3 Å². The molecule has 0 atom stereocenters. The number of hydrogen-bond donors (Lipinski definition) is 2. The Morgan fingerprint density at radius 2 is 1.73 bits per heavy atom. The molecule has 0 aliphatic carbocycles. The second kappa shape index (κ2) is 8.20. The maximum Gasteiger partial charge on any atom is 0.270 e. The average molecular weight is 353 g/mol. The van der Waals surface area contributed by atoms with Crippen molar-refractivity contribution in [1.29, 1.82) is 0 Å². The molecular formula is C20H17F2N3O. The minimum absolute atomic E-state index is 0.241. The normalized spacial score (nSPS) is 10.4. The Morgan fingerprint density at radius 1 is 0.962 bits per heavy atom. The van der Waals surface area contributed by atoms with Crippen LogP contribution in [-0.4, -0.2) is 10.9 Å². The molecule has 1 amide bonds. The largest absolute Gasteiger partial charge is 0.381 e. The van der Waals surface area contributed by atoms with Gasteiger partial charge in [0, 0.05) is 30.5 Å². The molecule has 132 valence electrons. The molecule has 0 aliphatic rings. The zero-order chi connectivity index (χ0) is 18.4. The maximum atomic E-state index is 13.6. The summed E-state index contributed by atoms with van der Waals surface area (Å²) in [6, 6.07) is 15.7. The molecule has 1 heterocycles. The number of benzene rings is 2. The topological polar surface area (TPSA) is 54.0 Å². The van der Waals surface area contributed by atoms with Crippen LogP contribution in [-0.2, 0) is 13.1 Å². The first-order valence-electron chi connectivity index (χ1n) is 8.08. The van der Waals surface area contributed by atoms with Crippen molar-refractivity contribution in [1.82, 2.24) is 10.3 Å². The highest BCUT2D eigenvalue weighted by molar-refractivity contribution is 5.93. The molecule has 3 aromatic rings. The third-order valence-electron chi connectivity index (χ3n) is 3.80. The summed E-state index contributed by atoms with van der Waals surface area (Å²) in [4.78, 5) is 16.3. The lowest BCUT2D eigenvalue weighted by atomic mass is 10.2. The van der Waals surface area contributed by atoms with Gasteiger partial charge < -0.3 is 10.6 Å². The third-order valence-corrected chi connectivity index (χ3v) is 3.80. The van der Waals surface area contributed by atoms with Crippen molar-refractivity contribution >= 4 is 11.6 Å². The number of halogens is 2. The highest BCUT2D eigenvalue weighted by Crippen LogP contribution is 2.12. The van der Waals surface area contributed by atoms with Crippen LogP contribution in [0, 0.1) is 11.6 Å². The molecule has 0 aliphatic heterocycles. The van der Waals surface area contributed by atoms with E-state index in [1.165, 1.54) is 24.4 Å². The van der Waals surface area contributed by atoms with E-state index in [0.717, 1.165) is 5.56 Å². The first kappa shape index (κ1) is 17.5. The van der Waals surface area contributed by atoms with Gasteiger partial charge in [-0.3, -0.25) is 9.78 Å². The number of carbonyl (C=O) groups is 1. The van der Waals surface area contributed by atoms with Crippen LogP contribution in [0.4, 0.5) is 14.5 Å². The fraction of sp³-hybridized carbons (Fsp3) is 0.100. The number of nitrogens with one attached hydrogen (secondary N) is 2. The molecule has 0 saturated heterocycles. The first-order valence-corrected chi connectivity index (χ1v) is 8.08. The second-order valence-electron chi connectivity index (χ2n) is 5.68. The van der Waals surface area contributed by atoms with Gasteiger partial charge in [0.25, 0.3) is 5.91 Å². The smallest absolute Gasteiger partial charge is 0.270 e. The SMILES string of the molecule is O=C(NCc1ccc(F)cc1)c1cc(NCc2ccccc2F)ccn1. The molecule has 0 radical (unpaired) electrons. The van der Waals surface area contributed by atoms with E-state index in [-0.39, 0.29) is 29.8 Å². The monoisotopic (exact) mass is 353 g/mol. The Balaban J connectivity index is 1.60. The van der Waals surface area contributed by atoms with Crippen molar-refractivity contribution in [3.63, 3.8) is 0 Å². The summed E-state index contributed by atoms with van der Waals surface area (Å²) in [5.74, 6) is -0.953. The van der Waals surface area contributed by atoms with E-state index < -0.39 is 0 Å². The molecule has 2 aromatic carbocycles. The van der Waals surface area contributed by atoms with Crippen LogP contribution in [0.3, 0.4) is 0 Å². The van der Waals surface area contributed by atoms with E-state index in [0.29, 0.717) is 17.8 Å². The van der Waals surface area contributed by atoms with E-state index in [1.54, 1.807) is 42.5 Å². The summed E-state index contributed by atoms with van der Waals surface area (Å²) in [6.45, 7) is 0.570. The van der Waals surface area contributed by atoms with Crippen molar-refractivity contribution in [2.24, 2.45) is 0 Å². The van der Waals surface area contributed by atoms with E-state index in [4.69, 9.17) is 0 Å². The number of nitrogens with zero attached hydrogens (tertiary/aromatic N) is 1. The van der Waals surface area contributed by atoms with Crippen molar-refractivity contribution in [2.75, 3.05) is 5.32 Å². The zero-order valence-electron chi connectivity index (χ0n) is 13.9. The summed E-state index contributed by atoms with van der Waals surface area (Å²) in [5.41, 5.74) is 2.22. The highest BCUT2D eigenvalue weighted by atomic mass is 19.1. The molecule has 3 rings (SSSR count). The highest BCUT2D eigenvalue weighted by Gasteiger charge is 2.08. The molecule has 4 nitrogen and oxygen atoms in total. The predicted octanol–water partition coefficient (Wildman–Crippen LogP) is 3.90. The molecule has 26 heavy (non-hydrogen) atoms. The number of amides is 1. The van der Waals surface area contributed by atoms with Gasteiger partial charge in [0.05, 0.1) is 0 Å². The van der Waals surface area contributed by atoms with Crippen LogP contribution in [0.15, 0.2) is 66.9 Å². The lowest BCUT2D eigenvalue weighted by Gasteiger charge is -2.09. The maximum absolute atomic E-state index is 13.6. The lowest BCUT2D eigenvalue weighted by Crippen LogP contribution is -2.23. The summed E-state index contributed by atoms with van der Waals surface area (Å²) < 4.78 is 26.5. The summed E-state index contributed by atoms with van der Waals surface area (Å²) in [7, 11) is 0. The van der Waals surface area contributed by atoms with Crippen molar-refractivity contribution in [2.45, 2.75) is 13.1 Å². The Kier molecular flexibility index (Phi) is 5.53. The summed E-state index contributed by atoms with van der Waals surface area (Å²) in [5, 5.41) is 5.81. The number of carbonyl (C=O) groups excluding carboxylic acids is 1. The van der Waals surface area contributed by atoms with Crippen molar-refractivity contribution < 1.29 is 13.6 Å². The van der Waals surface area contributed by atoms with Crippen LogP contribution in [0.2, 0.25) is 0 Å². The van der Waals surface area contributed by atoms with E-state index >= 15 is 0 Å². The predicted molar refractivity (Wildman–Crippen MR) is 95.5 cm³/mol. The van der Waals surface area contributed by atoms with Crippen LogP contribution in [0.25, 0.3) is 0 Å². The minimum atomic E-state index is -0.344.